The first kappa shape index (κ1) is 21.8. The Labute approximate surface area is 206 Å². The van der Waals surface area contributed by atoms with Crippen LogP contribution in [0.1, 0.15) is 34.7 Å². The lowest BCUT2D eigenvalue weighted by molar-refractivity contribution is 0.565. The van der Waals surface area contributed by atoms with E-state index in [1.54, 1.807) is 18.3 Å². The second-order valence-electron chi connectivity index (χ2n) is 8.09. The fraction of sp³-hybridized carbons (Fsp3) is 0.154. The third-order valence-corrected chi connectivity index (χ3v) is 7.07. The van der Waals surface area contributed by atoms with Gasteiger partial charge in [0.15, 0.2) is 5.11 Å². The first-order chi connectivity index (χ1) is 16.0. The lowest BCUT2D eigenvalue weighted by Crippen LogP contribution is -2.29. The van der Waals surface area contributed by atoms with E-state index < -0.39 is 0 Å². The predicted octanol–water partition coefficient (Wildman–Crippen LogP) is 6.57. The van der Waals surface area contributed by atoms with Crippen molar-refractivity contribution in [2.24, 2.45) is 0 Å². The zero-order valence-electron chi connectivity index (χ0n) is 18.2. The average molecular weight is 521 g/mol. The minimum absolute atomic E-state index is 0.153. The van der Waals surface area contributed by atoms with Gasteiger partial charge in [0.2, 0.25) is 0 Å². The highest BCUT2D eigenvalue weighted by atomic mass is 79.9. The molecule has 2 atom stereocenters. The Hall–Kier alpha value is -3.03. The van der Waals surface area contributed by atoms with Crippen LogP contribution in [-0.2, 0) is 0 Å². The monoisotopic (exact) mass is 520 g/mol. The molecule has 0 amide bonds. The maximum Gasteiger partial charge on any atom is 0.174 e. The van der Waals surface area contributed by atoms with Gasteiger partial charge in [-0.2, -0.15) is 0 Å². The Kier molecular flexibility index (Phi) is 5.76. The number of aryl methyl sites for hydroxylation is 1. The quantitative estimate of drug-likeness (QED) is 0.308. The third kappa shape index (κ3) is 3.85. The maximum absolute atomic E-state index is 13.7. The molecule has 2 aromatic carbocycles. The third-order valence-electron chi connectivity index (χ3n) is 6.09. The molecule has 33 heavy (non-hydrogen) atoms. The van der Waals surface area contributed by atoms with E-state index in [0.29, 0.717) is 5.11 Å². The second-order valence-corrected chi connectivity index (χ2v) is 9.33. The Balaban J connectivity index is 1.69. The second kappa shape index (κ2) is 8.72. The van der Waals surface area contributed by atoms with Gasteiger partial charge in [0.05, 0.1) is 23.5 Å². The summed E-state index contributed by atoms with van der Waals surface area (Å²) in [5.74, 6) is -0.276. The molecule has 166 valence electrons. The van der Waals surface area contributed by atoms with Gasteiger partial charge in [-0.05, 0) is 102 Å². The number of anilines is 1. The van der Waals surface area contributed by atoms with Crippen molar-refractivity contribution in [1.82, 2.24) is 14.9 Å². The number of rotatable bonds is 4. The van der Waals surface area contributed by atoms with Crippen LogP contribution in [0.25, 0.3) is 5.69 Å². The molecule has 1 fully saturated rings. The fourth-order valence-electron chi connectivity index (χ4n) is 4.64. The molecule has 0 unspecified atom stereocenters. The highest BCUT2D eigenvalue weighted by molar-refractivity contribution is 9.10. The predicted molar refractivity (Wildman–Crippen MR) is 137 cm³/mol. The van der Waals surface area contributed by atoms with Crippen LogP contribution in [0, 0.1) is 19.7 Å². The van der Waals surface area contributed by atoms with Crippen LogP contribution in [0.3, 0.4) is 0 Å². The molecule has 0 aliphatic carbocycles. The van der Waals surface area contributed by atoms with E-state index in [2.05, 4.69) is 61.7 Å². The van der Waals surface area contributed by atoms with Crippen LogP contribution in [0.2, 0.25) is 0 Å². The Morgan fingerprint density at radius 3 is 2.42 bits per heavy atom. The van der Waals surface area contributed by atoms with Gasteiger partial charge < -0.3 is 14.8 Å². The van der Waals surface area contributed by atoms with E-state index in [1.807, 2.05) is 36.4 Å². The molecule has 4 aromatic rings. The van der Waals surface area contributed by atoms with E-state index in [1.165, 1.54) is 12.1 Å². The van der Waals surface area contributed by atoms with Crippen LogP contribution in [0.5, 0.6) is 0 Å². The number of aromatic nitrogens is 2. The number of thiocarbonyl (C=S) groups is 1. The molecule has 3 heterocycles. The van der Waals surface area contributed by atoms with Gasteiger partial charge >= 0.3 is 0 Å². The van der Waals surface area contributed by atoms with Crippen molar-refractivity contribution >= 4 is 38.9 Å². The maximum atomic E-state index is 13.7. The highest BCUT2D eigenvalue weighted by Gasteiger charge is 2.42. The summed E-state index contributed by atoms with van der Waals surface area (Å²) >= 11 is 9.48. The summed E-state index contributed by atoms with van der Waals surface area (Å²) in [5, 5.41) is 4.06. The first-order valence-corrected chi connectivity index (χ1v) is 11.9. The summed E-state index contributed by atoms with van der Waals surface area (Å²) < 4.78 is 17.0. The molecule has 0 saturated carbocycles. The number of halogens is 2. The summed E-state index contributed by atoms with van der Waals surface area (Å²) in [7, 11) is 0. The van der Waals surface area contributed by atoms with Crippen molar-refractivity contribution in [1.29, 1.82) is 0 Å². The molecule has 4 nitrogen and oxygen atoms in total. The van der Waals surface area contributed by atoms with Crippen molar-refractivity contribution in [2.45, 2.75) is 25.9 Å². The Morgan fingerprint density at radius 2 is 1.73 bits per heavy atom. The van der Waals surface area contributed by atoms with Crippen molar-refractivity contribution in [3.8, 4) is 5.69 Å². The van der Waals surface area contributed by atoms with E-state index in [-0.39, 0.29) is 17.9 Å². The number of nitrogens with one attached hydrogen (secondary N) is 1. The Morgan fingerprint density at radius 1 is 1.00 bits per heavy atom. The van der Waals surface area contributed by atoms with Crippen molar-refractivity contribution in [2.75, 3.05) is 4.90 Å². The van der Waals surface area contributed by atoms with E-state index in [4.69, 9.17) is 12.2 Å². The van der Waals surface area contributed by atoms with Gasteiger partial charge in [-0.25, -0.2) is 4.39 Å². The molecule has 1 aliphatic rings. The number of nitrogens with zero attached hydrogens (tertiary/aromatic N) is 3. The highest BCUT2D eigenvalue weighted by Crippen LogP contribution is 2.44. The zero-order valence-corrected chi connectivity index (χ0v) is 20.6. The smallest absolute Gasteiger partial charge is 0.174 e. The summed E-state index contributed by atoms with van der Waals surface area (Å²) in [6.45, 7) is 4.23. The largest absolute Gasteiger partial charge is 0.351 e. The SMILES string of the molecule is Cc1cc([C@@H]2[C@H](c3ccccn3)NC(=S)N2c2ccc(F)cc2)c(C)n1-c1ccccc1Br. The van der Waals surface area contributed by atoms with Gasteiger partial charge in [0.25, 0.3) is 0 Å². The van der Waals surface area contributed by atoms with Crippen LogP contribution < -0.4 is 10.2 Å². The number of pyridine rings is 1. The van der Waals surface area contributed by atoms with E-state index in [9.17, 15) is 4.39 Å². The molecular weight excluding hydrogens is 499 g/mol. The van der Waals surface area contributed by atoms with Crippen LogP contribution in [0.4, 0.5) is 10.1 Å². The van der Waals surface area contributed by atoms with E-state index in [0.717, 1.165) is 38.5 Å². The number of para-hydroxylation sites is 1. The molecule has 1 saturated heterocycles. The van der Waals surface area contributed by atoms with E-state index >= 15 is 0 Å². The van der Waals surface area contributed by atoms with Gasteiger partial charge in [0.1, 0.15) is 5.82 Å². The average Bonchev–Trinajstić information content (AvgIpc) is 3.31. The molecule has 2 aromatic heterocycles. The molecule has 1 aliphatic heterocycles. The standard InChI is InChI=1S/C26H22BrFN4S/c1-16-15-20(17(2)31(16)23-9-4-3-7-21(23)27)25-24(22-8-5-6-14-29-22)30-26(33)32(25)19-12-10-18(28)11-13-19/h3-15,24-25H,1-2H3,(H,30,33)/t24-,25+/m0/s1. The minimum Gasteiger partial charge on any atom is -0.351 e. The molecular formula is C26H22BrFN4S. The molecule has 0 radical (unpaired) electrons. The molecule has 0 spiro atoms. The summed E-state index contributed by atoms with van der Waals surface area (Å²) in [6, 6.07) is 22.4. The van der Waals surface area contributed by atoms with Gasteiger partial charge in [-0.1, -0.05) is 18.2 Å². The molecule has 0 bridgehead atoms. The van der Waals surface area contributed by atoms with Gasteiger partial charge in [-0.15, -0.1) is 0 Å². The molecule has 7 heteroatoms. The number of hydrogen-bond acceptors (Lipinski definition) is 2. The van der Waals surface area contributed by atoms with Gasteiger partial charge in [0, 0.05) is 27.7 Å². The number of benzene rings is 2. The van der Waals surface area contributed by atoms with Crippen LogP contribution in [0.15, 0.2) is 83.5 Å². The summed E-state index contributed by atoms with van der Waals surface area (Å²) in [5.41, 5.74) is 6.18. The first-order valence-electron chi connectivity index (χ1n) is 10.7. The lowest BCUT2D eigenvalue weighted by Gasteiger charge is -2.28. The molecule has 1 N–H and O–H groups in total. The van der Waals surface area contributed by atoms with Crippen molar-refractivity contribution in [3.63, 3.8) is 0 Å². The van der Waals surface area contributed by atoms with Crippen molar-refractivity contribution < 1.29 is 4.39 Å². The van der Waals surface area contributed by atoms with Gasteiger partial charge in [-0.3, -0.25) is 4.98 Å². The normalized spacial score (nSPS) is 17.9. The molecule has 5 rings (SSSR count). The summed E-state index contributed by atoms with van der Waals surface area (Å²) in [6.07, 6.45) is 1.79. The van der Waals surface area contributed by atoms with Crippen LogP contribution >= 0.6 is 28.1 Å². The topological polar surface area (TPSA) is 33.1 Å². The zero-order chi connectivity index (χ0) is 23.1. The Bertz CT molecular complexity index is 1320. The van der Waals surface area contributed by atoms with Crippen LogP contribution in [-0.4, -0.2) is 14.7 Å². The lowest BCUT2D eigenvalue weighted by atomic mass is 9.96. The summed E-state index contributed by atoms with van der Waals surface area (Å²) in [4.78, 5) is 6.69. The minimum atomic E-state index is -0.276. The number of hydrogen-bond donors (Lipinski definition) is 1. The van der Waals surface area contributed by atoms with Crippen molar-refractivity contribution in [3.05, 3.63) is 112 Å². The fourth-order valence-corrected chi connectivity index (χ4v) is 5.45.